The molecule has 0 heterocycles. The third kappa shape index (κ3) is 8.06. The Hall–Kier alpha value is -3.53. The second kappa shape index (κ2) is 14.1. The van der Waals surface area contributed by atoms with Crippen molar-refractivity contribution in [1.82, 2.24) is 14.5 Å². The minimum atomic E-state index is -3.98. The number of likely N-dealkylation sites (N-methyl/N-ethyl adjacent to an activating group) is 1. The summed E-state index contributed by atoms with van der Waals surface area (Å²) in [6, 6.07) is 28.6. The molecular weight excluding hydrogens is 614 g/mol. The standard InChI is InChI=1S/C33H36BrN3O4S/c1-24(2)21-35-33(39)31(19-25-9-5-4-6-10-25)37(22-26-13-16-29(34)17-14-26)32(38)23-36(3)42(40,41)30-18-15-27-11-7-8-12-28(27)20-30/h4-18,20,24,31H,19,21-23H2,1-3H3,(H,35,39)/t31-/m1/s1. The van der Waals surface area contributed by atoms with Gasteiger partial charge in [-0.3, -0.25) is 9.59 Å². The van der Waals surface area contributed by atoms with Crippen LogP contribution in [-0.4, -0.2) is 55.6 Å². The van der Waals surface area contributed by atoms with E-state index in [0.717, 1.165) is 30.7 Å². The number of carbonyl (C=O) groups excluding carboxylic acids is 2. The maximum atomic E-state index is 14.0. The molecule has 0 spiro atoms. The second-order valence-corrected chi connectivity index (χ2v) is 13.7. The third-order valence-electron chi connectivity index (χ3n) is 7.01. The molecule has 0 bridgehead atoms. The van der Waals surface area contributed by atoms with Gasteiger partial charge >= 0.3 is 0 Å². The molecule has 4 aromatic rings. The number of nitrogens with zero attached hydrogens (tertiary/aromatic N) is 2. The highest BCUT2D eigenvalue weighted by atomic mass is 79.9. The Bertz CT molecular complexity index is 1630. The Morgan fingerprint density at radius 1 is 0.833 bits per heavy atom. The fourth-order valence-corrected chi connectivity index (χ4v) is 6.06. The number of fused-ring (bicyclic) bond motifs is 1. The van der Waals surface area contributed by atoms with E-state index in [0.29, 0.717) is 6.54 Å². The minimum absolute atomic E-state index is 0.103. The van der Waals surface area contributed by atoms with Gasteiger partial charge in [0.15, 0.2) is 0 Å². The lowest BCUT2D eigenvalue weighted by atomic mass is 10.0. The van der Waals surface area contributed by atoms with Gasteiger partial charge in [-0.05, 0) is 52.1 Å². The molecule has 0 fully saturated rings. The molecule has 42 heavy (non-hydrogen) atoms. The summed E-state index contributed by atoms with van der Waals surface area (Å²) in [5.41, 5.74) is 1.72. The Kier molecular flexibility index (Phi) is 10.5. The molecule has 0 aliphatic heterocycles. The number of hydrogen-bond donors (Lipinski definition) is 1. The van der Waals surface area contributed by atoms with Crippen LogP contribution < -0.4 is 5.32 Å². The highest BCUT2D eigenvalue weighted by Crippen LogP contribution is 2.22. The van der Waals surface area contributed by atoms with Gasteiger partial charge < -0.3 is 10.2 Å². The summed E-state index contributed by atoms with van der Waals surface area (Å²) in [5, 5.41) is 4.70. The SMILES string of the molecule is CC(C)CNC(=O)[C@@H](Cc1ccccc1)N(Cc1ccc(Br)cc1)C(=O)CN(C)S(=O)(=O)c1ccc2ccccc2c1. The number of hydrogen-bond acceptors (Lipinski definition) is 4. The summed E-state index contributed by atoms with van der Waals surface area (Å²) in [6.45, 7) is 4.19. The van der Waals surface area contributed by atoms with E-state index in [2.05, 4.69) is 21.2 Å². The zero-order chi connectivity index (χ0) is 30.3. The number of benzene rings is 4. The summed E-state index contributed by atoms with van der Waals surface area (Å²) in [5.74, 6) is -0.524. The van der Waals surface area contributed by atoms with E-state index in [1.54, 1.807) is 18.2 Å². The number of rotatable bonds is 12. The highest BCUT2D eigenvalue weighted by molar-refractivity contribution is 9.10. The van der Waals surface area contributed by atoms with Gasteiger partial charge in [-0.2, -0.15) is 4.31 Å². The average Bonchev–Trinajstić information content (AvgIpc) is 2.98. The van der Waals surface area contributed by atoms with E-state index in [-0.39, 0.29) is 29.7 Å². The zero-order valence-electron chi connectivity index (χ0n) is 24.0. The molecule has 0 saturated carbocycles. The van der Waals surface area contributed by atoms with Crippen LogP contribution >= 0.6 is 15.9 Å². The van der Waals surface area contributed by atoms with Crippen molar-refractivity contribution in [2.24, 2.45) is 5.92 Å². The maximum absolute atomic E-state index is 14.0. The van der Waals surface area contributed by atoms with Crippen LogP contribution in [0.4, 0.5) is 0 Å². The minimum Gasteiger partial charge on any atom is -0.354 e. The van der Waals surface area contributed by atoms with Gasteiger partial charge in [0, 0.05) is 31.0 Å². The Balaban J connectivity index is 1.66. The van der Waals surface area contributed by atoms with E-state index >= 15 is 0 Å². The van der Waals surface area contributed by atoms with Crippen molar-refractivity contribution in [1.29, 1.82) is 0 Å². The van der Waals surface area contributed by atoms with Crippen LogP contribution in [0.3, 0.4) is 0 Å². The number of sulfonamides is 1. The van der Waals surface area contributed by atoms with Crippen molar-refractivity contribution in [2.75, 3.05) is 20.1 Å². The fourth-order valence-electron chi connectivity index (χ4n) is 4.64. The number of nitrogens with one attached hydrogen (secondary N) is 1. The summed E-state index contributed by atoms with van der Waals surface area (Å²) in [6.07, 6.45) is 0.286. The van der Waals surface area contributed by atoms with Gasteiger partial charge in [0.2, 0.25) is 21.8 Å². The molecule has 1 N–H and O–H groups in total. The zero-order valence-corrected chi connectivity index (χ0v) is 26.4. The van der Waals surface area contributed by atoms with E-state index in [4.69, 9.17) is 0 Å². The molecule has 0 aliphatic carbocycles. The summed E-state index contributed by atoms with van der Waals surface area (Å²) < 4.78 is 29.1. The first kappa shape index (κ1) is 31.4. The van der Waals surface area contributed by atoms with Gasteiger partial charge in [0.25, 0.3) is 0 Å². The van der Waals surface area contributed by atoms with Crippen molar-refractivity contribution in [3.05, 3.63) is 113 Å². The number of halogens is 1. The molecule has 0 aliphatic rings. The summed E-state index contributed by atoms with van der Waals surface area (Å²) >= 11 is 3.44. The largest absolute Gasteiger partial charge is 0.354 e. The van der Waals surface area contributed by atoms with Gasteiger partial charge in [0.1, 0.15) is 6.04 Å². The third-order valence-corrected chi connectivity index (χ3v) is 9.34. The molecule has 0 aromatic heterocycles. The van der Waals surface area contributed by atoms with Crippen LogP contribution in [0, 0.1) is 5.92 Å². The molecule has 0 radical (unpaired) electrons. The molecule has 4 rings (SSSR count). The number of amides is 2. The van der Waals surface area contributed by atoms with Crippen LogP contribution in [0.2, 0.25) is 0 Å². The van der Waals surface area contributed by atoms with Crippen LogP contribution in [0.25, 0.3) is 10.8 Å². The van der Waals surface area contributed by atoms with E-state index in [9.17, 15) is 18.0 Å². The van der Waals surface area contributed by atoms with E-state index in [1.807, 2.05) is 92.7 Å². The van der Waals surface area contributed by atoms with Crippen LogP contribution in [-0.2, 0) is 32.6 Å². The lowest BCUT2D eigenvalue weighted by molar-refractivity contribution is -0.141. The van der Waals surface area contributed by atoms with Crippen molar-refractivity contribution in [3.8, 4) is 0 Å². The first-order valence-electron chi connectivity index (χ1n) is 13.9. The smallest absolute Gasteiger partial charge is 0.243 e. The Morgan fingerprint density at radius 2 is 1.48 bits per heavy atom. The molecule has 9 heteroatoms. The van der Waals surface area contributed by atoms with Gasteiger partial charge in [-0.1, -0.05) is 103 Å². The predicted molar refractivity (Wildman–Crippen MR) is 170 cm³/mol. The van der Waals surface area contributed by atoms with Crippen molar-refractivity contribution in [3.63, 3.8) is 0 Å². The summed E-state index contributed by atoms with van der Waals surface area (Å²) in [4.78, 5) is 29.2. The van der Waals surface area contributed by atoms with E-state index < -0.39 is 28.5 Å². The van der Waals surface area contributed by atoms with Gasteiger partial charge in [-0.15, -0.1) is 0 Å². The van der Waals surface area contributed by atoms with E-state index in [1.165, 1.54) is 11.9 Å². The highest BCUT2D eigenvalue weighted by Gasteiger charge is 2.33. The monoisotopic (exact) mass is 649 g/mol. The predicted octanol–water partition coefficient (Wildman–Crippen LogP) is 5.64. The molecule has 220 valence electrons. The van der Waals surface area contributed by atoms with Gasteiger partial charge in [-0.25, -0.2) is 8.42 Å². The summed E-state index contributed by atoms with van der Waals surface area (Å²) in [7, 11) is -2.59. The normalized spacial score (nSPS) is 12.4. The fraction of sp³-hybridized carbons (Fsp3) is 0.273. The molecule has 0 saturated heterocycles. The quantitative estimate of drug-likeness (QED) is 0.215. The molecule has 7 nitrogen and oxygen atoms in total. The molecular formula is C33H36BrN3O4S. The van der Waals surface area contributed by atoms with Crippen molar-refractivity contribution < 1.29 is 18.0 Å². The second-order valence-electron chi connectivity index (χ2n) is 10.8. The van der Waals surface area contributed by atoms with Crippen LogP contribution in [0.5, 0.6) is 0 Å². The Labute approximate surface area is 256 Å². The van der Waals surface area contributed by atoms with Crippen LogP contribution in [0.1, 0.15) is 25.0 Å². The first-order valence-corrected chi connectivity index (χ1v) is 16.1. The molecule has 1 atom stereocenters. The molecule has 0 unspecified atom stereocenters. The van der Waals surface area contributed by atoms with Crippen molar-refractivity contribution in [2.45, 2.75) is 37.8 Å². The first-order chi connectivity index (χ1) is 20.0. The lowest BCUT2D eigenvalue weighted by Gasteiger charge is -2.33. The lowest BCUT2D eigenvalue weighted by Crippen LogP contribution is -2.53. The van der Waals surface area contributed by atoms with Gasteiger partial charge in [0.05, 0.1) is 11.4 Å². The topological polar surface area (TPSA) is 86.8 Å². The maximum Gasteiger partial charge on any atom is 0.243 e. The Morgan fingerprint density at radius 3 is 2.14 bits per heavy atom. The average molecular weight is 651 g/mol. The molecule has 2 amide bonds. The molecule has 4 aromatic carbocycles. The van der Waals surface area contributed by atoms with Crippen LogP contribution in [0.15, 0.2) is 106 Å². The van der Waals surface area contributed by atoms with Crippen molar-refractivity contribution >= 4 is 48.5 Å². The number of carbonyl (C=O) groups is 2.